The Bertz CT molecular complexity index is 578. The number of carbonyl (C=O) groups is 1. The Morgan fingerprint density at radius 3 is 2.57 bits per heavy atom. The Morgan fingerprint density at radius 2 is 2.05 bits per heavy atom. The lowest BCUT2D eigenvalue weighted by Gasteiger charge is -2.38. The highest BCUT2D eigenvalue weighted by molar-refractivity contribution is 6.31. The molecule has 5 nitrogen and oxygen atoms in total. The first-order valence-corrected chi connectivity index (χ1v) is 7.28. The van der Waals surface area contributed by atoms with E-state index >= 15 is 0 Å². The fourth-order valence-electron chi connectivity index (χ4n) is 2.49. The number of nitrogens with two attached hydrogens (primary N) is 1. The number of amides is 1. The fourth-order valence-corrected chi connectivity index (χ4v) is 2.67. The van der Waals surface area contributed by atoms with Crippen molar-refractivity contribution in [3.8, 4) is 0 Å². The molecule has 1 heterocycles. The summed E-state index contributed by atoms with van der Waals surface area (Å²) in [4.78, 5) is 14.3. The van der Waals surface area contributed by atoms with Gasteiger partial charge >= 0.3 is 0 Å². The van der Waals surface area contributed by atoms with Crippen molar-refractivity contribution in [2.24, 2.45) is 16.3 Å². The first-order valence-electron chi connectivity index (χ1n) is 6.91. The normalized spacial score (nSPS) is 18.6. The lowest BCUT2D eigenvalue weighted by atomic mass is 9.79. The number of hydrogen-bond donors (Lipinski definition) is 2. The van der Waals surface area contributed by atoms with Crippen molar-refractivity contribution >= 4 is 23.3 Å². The third-order valence-corrected chi connectivity index (χ3v) is 4.71. The summed E-state index contributed by atoms with van der Waals surface area (Å²) in [6.07, 6.45) is 1.35. The third-order valence-electron chi connectivity index (χ3n) is 4.30. The van der Waals surface area contributed by atoms with Gasteiger partial charge in [-0.25, -0.2) is 0 Å². The molecule has 2 rings (SSSR count). The Kier molecular flexibility index (Phi) is 4.42. The van der Waals surface area contributed by atoms with E-state index in [-0.39, 0.29) is 17.2 Å². The molecule has 0 bridgehead atoms. The van der Waals surface area contributed by atoms with Gasteiger partial charge in [0.05, 0.1) is 0 Å². The van der Waals surface area contributed by atoms with Crippen LogP contribution in [0.2, 0.25) is 5.02 Å². The molecule has 1 aliphatic heterocycles. The molecule has 1 amide bonds. The molecule has 3 N–H and O–H groups in total. The maximum Gasteiger partial charge on any atom is 0.253 e. The van der Waals surface area contributed by atoms with Gasteiger partial charge in [-0.1, -0.05) is 29.7 Å². The molecule has 1 aliphatic rings. The zero-order valence-electron chi connectivity index (χ0n) is 12.3. The van der Waals surface area contributed by atoms with Crippen LogP contribution >= 0.6 is 11.6 Å². The molecule has 0 aliphatic carbocycles. The van der Waals surface area contributed by atoms with Crippen molar-refractivity contribution in [2.45, 2.75) is 26.7 Å². The van der Waals surface area contributed by atoms with Crippen LogP contribution in [0.25, 0.3) is 0 Å². The summed E-state index contributed by atoms with van der Waals surface area (Å²) in [5.41, 5.74) is 6.93. The van der Waals surface area contributed by atoms with Crippen LogP contribution in [-0.2, 0) is 0 Å². The monoisotopic (exact) mass is 309 g/mol. The number of benzene rings is 1. The zero-order chi connectivity index (χ0) is 15.6. The molecule has 1 saturated heterocycles. The van der Waals surface area contributed by atoms with Crippen molar-refractivity contribution in [3.05, 3.63) is 34.3 Å². The number of halogens is 1. The lowest BCUT2D eigenvalue weighted by molar-refractivity contribution is 0.0666. The fraction of sp³-hybridized carbons (Fsp3) is 0.467. The standard InChI is InChI=1S/C15H20ClN3O2/c1-10-3-4-11(9-12(10)16)13(20)19-7-5-15(2,6-8-19)14(17)18-21/h3-4,9,21H,5-8H2,1-2H3,(H2,17,18). The average molecular weight is 310 g/mol. The van der Waals surface area contributed by atoms with Crippen molar-refractivity contribution in [3.63, 3.8) is 0 Å². The second kappa shape index (κ2) is 5.93. The van der Waals surface area contributed by atoms with Gasteiger partial charge in [0.1, 0.15) is 5.84 Å². The van der Waals surface area contributed by atoms with Crippen LogP contribution in [-0.4, -0.2) is 34.9 Å². The van der Waals surface area contributed by atoms with Gasteiger partial charge in [-0.2, -0.15) is 0 Å². The number of aryl methyl sites for hydroxylation is 1. The molecule has 114 valence electrons. The molecular formula is C15H20ClN3O2. The van der Waals surface area contributed by atoms with E-state index < -0.39 is 0 Å². The molecule has 6 heteroatoms. The summed E-state index contributed by atoms with van der Waals surface area (Å²) in [7, 11) is 0. The summed E-state index contributed by atoms with van der Waals surface area (Å²) in [5, 5.41) is 12.5. The molecule has 0 unspecified atom stereocenters. The molecule has 0 saturated carbocycles. The third kappa shape index (κ3) is 3.13. The predicted octanol–water partition coefficient (Wildman–Crippen LogP) is 2.64. The van der Waals surface area contributed by atoms with Gasteiger partial charge in [-0.05, 0) is 37.5 Å². The maximum atomic E-state index is 12.5. The number of oxime groups is 1. The second-order valence-electron chi connectivity index (χ2n) is 5.80. The van der Waals surface area contributed by atoms with Crippen LogP contribution < -0.4 is 5.73 Å². The molecule has 21 heavy (non-hydrogen) atoms. The molecule has 1 aromatic rings. The van der Waals surface area contributed by atoms with E-state index in [4.69, 9.17) is 22.5 Å². The van der Waals surface area contributed by atoms with E-state index in [1.54, 1.807) is 17.0 Å². The SMILES string of the molecule is Cc1ccc(C(=O)N2CCC(C)(/C(N)=N/O)CC2)cc1Cl. The molecule has 1 aromatic carbocycles. The topological polar surface area (TPSA) is 78.9 Å². The molecule has 0 spiro atoms. The van der Waals surface area contributed by atoms with Gasteiger partial charge < -0.3 is 15.8 Å². The smallest absolute Gasteiger partial charge is 0.253 e. The second-order valence-corrected chi connectivity index (χ2v) is 6.21. The predicted molar refractivity (Wildman–Crippen MR) is 82.8 cm³/mol. The van der Waals surface area contributed by atoms with Crippen LogP contribution in [0.15, 0.2) is 23.4 Å². The van der Waals surface area contributed by atoms with Crippen molar-refractivity contribution < 1.29 is 10.0 Å². The van der Waals surface area contributed by atoms with Crippen molar-refractivity contribution in [1.29, 1.82) is 0 Å². The van der Waals surface area contributed by atoms with E-state index in [2.05, 4.69) is 5.16 Å². The van der Waals surface area contributed by atoms with Crippen molar-refractivity contribution in [1.82, 2.24) is 4.90 Å². The summed E-state index contributed by atoms with van der Waals surface area (Å²) in [6.45, 7) is 5.01. The van der Waals surface area contributed by atoms with E-state index in [0.717, 1.165) is 5.56 Å². The highest BCUT2D eigenvalue weighted by atomic mass is 35.5. The van der Waals surface area contributed by atoms with Crippen LogP contribution in [0.1, 0.15) is 35.7 Å². The highest BCUT2D eigenvalue weighted by Crippen LogP contribution is 2.31. The summed E-state index contributed by atoms with van der Waals surface area (Å²) in [6, 6.07) is 5.34. The number of carbonyl (C=O) groups excluding carboxylic acids is 1. The van der Waals surface area contributed by atoms with E-state index in [9.17, 15) is 4.79 Å². The van der Waals surface area contributed by atoms with Crippen LogP contribution in [0.5, 0.6) is 0 Å². The van der Waals surface area contributed by atoms with Crippen LogP contribution in [0.3, 0.4) is 0 Å². The summed E-state index contributed by atoms with van der Waals surface area (Å²) < 4.78 is 0. The number of nitrogens with zero attached hydrogens (tertiary/aromatic N) is 2. The number of likely N-dealkylation sites (tertiary alicyclic amines) is 1. The minimum Gasteiger partial charge on any atom is -0.409 e. The summed E-state index contributed by atoms with van der Waals surface area (Å²) >= 11 is 6.07. The van der Waals surface area contributed by atoms with Crippen molar-refractivity contribution in [2.75, 3.05) is 13.1 Å². The number of piperidine rings is 1. The molecule has 1 fully saturated rings. The molecule has 0 radical (unpaired) electrons. The Balaban J connectivity index is 2.08. The average Bonchev–Trinajstić information content (AvgIpc) is 2.49. The van der Waals surface area contributed by atoms with Gasteiger partial charge in [0.25, 0.3) is 5.91 Å². The summed E-state index contributed by atoms with van der Waals surface area (Å²) in [5.74, 6) is 0.200. The number of amidine groups is 1. The minimum absolute atomic E-state index is 0.0292. The Hall–Kier alpha value is -1.75. The lowest BCUT2D eigenvalue weighted by Crippen LogP contribution is -2.47. The van der Waals surface area contributed by atoms with E-state index in [1.165, 1.54) is 0 Å². The van der Waals surface area contributed by atoms with Gasteiger partial charge in [0.2, 0.25) is 0 Å². The van der Waals surface area contributed by atoms with Gasteiger partial charge in [0.15, 0.2) is 0 Å². The maximum absolute atomic E-state index is 12.5. The number of rotatable bonds is 2. The van der Waals surface area contributed by atoms with E-state index in [0.29, 0.717) is 36.5 Å². The molecule has 0 atom stereocenters. The van der Waals surface area contributed by atoms with E-state index in [1.807, 2.05) is 19.9 Å². The largest absolute Gasteiger partial charge is 0.409 e. The Morgan fingerprint density at radius 1 is 1.43 bits per heavy atom. The van der Waals surface area contributed by atoms with Crippen LogP contribution in [0.4, 0.5) is 0 Å². The zero-order valence-corrected chi connectivity index (χ0v) is 13.0. The van der Waals surface area contributed by atoms with Gasteiger partial charge in [-0.15, -0.1) is 0 Å². The van der Waals surface area contributed by atoms with Crippen LogP contribution in [0, 0.1) is 12.3 Å². The number of hydrogen-bond acceptors (Lipinski definition) is 3. The van der Waals surface area contributed by atoms with Gasteiger partial charge in [-0.3, -0.25) is 4.79 Å². The minimum atomic E-state index is -0.351. The highest BCUT2D eigenvalue weighted by Gasteiger charge is 2.35. The first kappa shape index (κ1) is 15.6. The molecular weight excluding hydrogens is 290 g/mol. The van der Waals surface area contributed by atoms with Gasteiger partial charge in [0, 0.05) is 29.1 Å². The quantitative estimate of drug-likeness (QED) is 0.381. The molecule has 0 aromatic heterocycles. The first-order chi connectivity index (χ1) is 9.87. The Labute approximate surface area is 129 Å².